The van der Waals surface area contributed by atoms with Gasteiger partial charge in [-0.25, -0.2) is 0 Å². The highest BCUT2D eigenvalue weighted by molar-refractivity contribution is 5.93. The predicted octanol–water partition coefficient (Wildman–Crippen LogP) is 4.06. The van der Waals surface area contributed by atoms with Crippen molar-refractivity contribution in [1.82, 2.24) is 9.78 Å². The van der Waals surface area contributed by atoms with Gasteiger partial charge in [-0.3, -0.25) is 9.48 Å². The number of amides is 1. The van der Waals surface area contributed by atoms with E-state index in [1.165, 1.54) is 0 Å². The largest absolute Gasteiger partial charge is 0.324 e. The van der Waals surface area contributed by atoms with Gasteiger partial charge in [0.1, 0.15) is 6.04 Å². The lowest BCUT2D eigenvalue weighted by Crippen LogP contribution is -2.23. The van der Waals surface area contributed by atoms with Crippen molar-refractivity contribution >= 4 is 11.6 Å². The summed E-state index contributed by atoms with van der Waals surface area (Å²) in [7, 11) is 0. The van der Waals surface area contributed by atoms with Gasteiger partial charge in [0.2, 0.25) is 5.91 Å². The first-order valence-corrected chi connectivity index (χ1v) is 7.60. The van der Waals surface area contributed by atoms with Gasteiger partial charge in [0.05, 0.1) is 6.20 Å². The number of aromatic nitrogens is 2. The Balaban J connectivity index is 1.72. The molecule has 1 N–H and O–H groups in total. The number of aryl methyl sites for hydroxylation is 1. The molecule has 3 rings (SSSR count). The summed E-state index contributed by atoms with van der Waals surface area (Å²) < 4.78 is 1.69. The highest BCUT2D eigenvalue weighted by Gasteiger charge is 2.16. The normalized spacial score (nSPS) is 11.9. The second-order valence-electron chi connectivity index (χ2n) is 5.61. The maximum atomic E-state index is 12.4. The number of benzene rings is 2. The number of nitrogens with one attached hydrogen (secondary N) is 1. The van der Waals surface area contributed by atoms with E-state index in [0.29, 0.717) is 0 Å². The topological polar surface area (TPSA) is 46.9 Å². The van der Waals surface area contributed by atoms with Crippen molar-refractivity contribution in [2.75, 3.05) is 5.32 Å². The molecule has 0 fully saturated rings. The summed E-state index contributed by atoms with van der Waals surface area (Å²) in [5, 5.41) is 7.24. The van der Waals surface area contributed by atoms with Crippen molar-refractivity contribution in [1.29, 1.82) is 0 Å². The molecule has 0 aliphatic heterocycles. The zero-order chi connectivity index (χ0) is 16.2. The fourth-order valence-corrected chi connectivity index (χ4v) is 2.33. The molecule has 0 aliphatic rings. The zero-order valence-corrected chi connectivity index (χ0v) is 13.2. The Bertz CT molecular complexity index is 791. The molecule has 0 bridgehead atoms. The average molecular weight is 305 g/mol. The van der Waals surface area contributed by atoms with E-state index in [-0.39, 0.29) is 11.9 Å². The maximum Gasteiger partial charge on any atom is 0.248 e. The Hall–Kier alpha value is -2.88. The van der Waals surface area contributed by atoms with Gasteiger partial charge in [0, 0.05) is 17.4 Å². The van der Waals surface area contributed by atoms with Crippen molar-refractivity contribution in [2.24, 2.45) is 0 Å². The van der Waals surface area contributed by atoms with Gasteiger partial charge in [-0.1, -0.05) is 48.0 Å². The SMILES string of the molecule is Cc1ccc(NC(=O)[C@H](C)n2cc(-c3ccccc3)cn2)cc1. The lowest BCUT2D eigenvalue weighted by Gasteiger charge is -2.12. The van der Waals surface area contributed by atoms with Crippen LogP contribution in [0.5, 0.6) is 0 Å². The van der Waals surface area contributed by atoms with Crippen molar-refractivity contribution in [3.63, 3.8) is 0 Å². The molecule has 4 heteroatoms. The quantitative estimate of drug-likeness (QED) is 0.790. The van der Waals surface area contributed by atoms with Crippen LogP contribution in [0.3, 0.4) is 0 Å². The molecule has 116 valence electrons. The second-order valence-corrected chi connectivity index (χ2v) is 5.61. The Kier molecular flexibility index (Phi) is 4.24. The molecule has 23 heavy (non-hydrogen) atoms. The van der Waals surface area contributed by atoms with Crippen LogP contribution in [0.1, 0.15) is 18.5 Å². The monoisotopic (exact) mass is 305 g/mol. The van der Waals surface area contributed by atoms with Gasteiger partial charge >= 0.3 is 0 Å². The first-order valence-electron chi connectivity index (χ1n) is 7.60. The van der Waals surface area contributed by atoms with Crippen molar-refractivity contribution in [3.05, 3.63) is 72.6 Å². The van der Waals surface area contributed by atoms with Gasteiger partial charge < -0.3 is 5.32 Å². The molecule has 1 heterocycles. The van der Waals surface area contributed by atoms with Gasteiger partial charge in [-0.15, -0.1) is 0 Å². The number of carbonyl (C=O) groups is 1. The van der Waals surface area contributed by atoms with Crippen molar-refractivity contribution < 1.29 is 4.79 Å². The molecule has 0 unspecified atom stereocenters. The lowest BCUT2D eigenvalue weighted by molar-refractivity contribution is -0.119. The fraction of sp³-hybridized carbons (Fsp3) is 0.158. The van der Waals surface area contributed by atoms with Crippen LogP contribution in [0.2, 0.25) is 0 Å². The molecular formula is C19H19N3O. The van der Waals surface area contributed by atoms with Crippen LogP contribution in [-0.2, 0) is 4.79 Å². The van der Waals surface area contributed by atoms with Crippen molar-refractivity contribution in [3.8, 4) is 11.1 Å². The third-order valence-corrected chi connectivity index (χ3v) is 3.80. The van der Waals surface area contributed by atoms with E-state index in [1.807, 2.05) is 74.6 Å². The third kappa shape index (κ3) is 3.48. The van der Waals surface area contributed by atoms with Crippen LogP contribution in [0.4, 0.5) is 5.69 Å². The lowest BCUT2D eigenvalue weighted by atomic mass is 10.1. The van der Waals surface area contributed by atoms with Gasteiger partial charge in [0.15, 0.2) is 0 Å². The fourth-order valence-electron chi connectivity index (χ4n) is 2.33. The average Bonchev–Trinajstić information content (AvgIpc) is 3.07. The second kappa shape index (κ2) is 6.48. The summed E-state index contributed by atoms with van der Waals surface area (Å²) in [6.45, 7) is 3.86. The van der Waals surface area contributed by atoms with Gasteiger partial charge in [-0.2, -0.15) is 5.10 Å². The minimum Gasteiger partial charge on any atom is -0.324 e. The molecule has 4 nitrogen and oxygen atoms in total. The molecule has 1 atom stereocenters. The van der Waals surface area contributed by atoms with Crippen LogP contribution in [-0.4, -0.2) is 15.7 Å². The number of carbonyl (C=O) groups excluding carboxylic acids is 1. The first-order chi connectivity index (χ1) is 11.1. The van der Waals surface area contributed by atoms with E-state index in [4.69, 9.17) is 0 Å². The van der Waals surface area contributed by atoms with Crippen LogP contribution < -0.4 is 5.32 Å². The number of hydrogen-bond acceptors (Lipinski definition) is 2. The van der Waals surface area contributed by atoms with Crippen LogP contribution in [0.25, 0.3) is 11.1 Å². The standard InChI is InChI=1S/C19H19N3O/c1-14-8-10-18(11-9-14)21-19(23)15(2)22-13-17(12-20-22)16-6-4-3-5-7-16/h3-13,15H,1-2H3,(H,21,23)/t15-/m0/s1. The summed E-state index contributed by atoms with van der Waals surface area (Å²) in [5.41, 5.74) is 4.05. The van der Waals surface area contributed by atoms with E-state index in [1.54, 1.807) is 10.9 Å². The Morgan fingerprint density at radius 2 is 1.74 bits per heavy atom. The summed E-state index contributed by atoms with van der Waals surface area (Å²) >= 11 is 0. The summed E-state index contributed by atoms with van der Waals surface area (Å²) in [6.07, 6.45) is 3.68. The molecule has 0 saturated carbocycles. The third-order valence-electron chi connectivity index (χ3n) is 3.80. The van der Waals surface area contributed by atoms with E-state index >= 15 is 0 Å². The Labute approximate surface area is 135 Å². The van der Waals surface area contributed by atoms with Crippen LogP contribution in [0.15, 0.2) is 67.0 Å². The molecular weight excluding hydrogens is 286 g/mol. The molecule has 1 amide bonds. The number of hydrogen-bond donors (Lipinski definition) is 1. The highest BCUT2D eigenvalue weighted by atomic mass is 16.2. The molecule has 3 aromatic rings. The number of rotatable bonds is 4. The molecule has 2 aromatic carbocycles. The smallest absolute Gasteiger partial charge is 0.248 e. The summed E-state index contributed by atoms with van der Waals surface area (Å²) in [4.78, 5) is 12.4. The zero-order valence-electron chi connectivity index (χ0n) is 13.2. The predicted molar refractivity (Wildman–Crippen MR) is 92.2 cm³/mol. The molecule has 0 aliphatic carbocycles. The first kappa shape index (κ1) is 15.0. The molecule has 0 saturated heterocycles. The van der Waals surface area contributed by atoms with E-state index < -0.39 is 0 Å². The number of nitrogens with zero attached hydrogens (tertiary/aromatic N) is 2. The van der Waals surface area contributed by atoms with E-state index in [0.717, 1.165) is 22.4 Å². The molecule has 0 spiro atoms. The summed E-state index contributed by atoms with van der Waals surface area (Å²) in [6, 6.07) is 17.4. The Morgan fingerprint density at radius 1 is 1.04 bits per heavy atom. The summed E-state index contributed by atoms with van der Waals surface area (Å²) in [5.74, 6) is -0.0865. The highest BCUT2D eigenvalue weighted by Crippen LogP contribution is 2.20. The molecule has 0 radical (unpaired) electrons. The van der Waals surface area contributed by atoms with E-state index in [2.05, 4.69) is 10.4 Å². The minimum atomic E-state index is -0.381. The maximum absolute atomic E-state index is 12.4. The number of anilines is 1. The van der Waals surface area contributed by atoms with Crippen molar-refractivity contribution in [2.45, 2.75) is 19.9 Å². The van der Waals surface area contributed by atoms with E-state index in [9.17, 15) is 4.79 Å². The molecule has 1 aromatic heterocycles. The van der Waals surface area contributed by atoms with Gasteiger partial charge in [-0.05, 0) is 31.5 Å². The minimum absolute atomic E-state index is 0.0865. The van der Waals surface area contributed by atoms with Gasteiger partial charge in [0.25, 0.3) is 0 Å². The Morgan fingerprint density at radius 3 is 2.43 bits per heavy atom. The van der Waals surface area contributed by atoms with Crippen LogP contribution >= 0.6 is 0 Å². The van der Waals surface area contributed by atoms with Crippen LogP contribution in [0, 0.1) is 6.92 Å².